The van der Waals surface area contributed by atoms with Gasteiger partial charge >= 0.3 is 0 Å². The van der Waals surface area contributed by atoms with E-state index >= 15 is 0 Å². The molecule has 0 aromatic carbocycles. The first-order valence-corrected chi connectivity index (χ1v) is 1.94. The number of hydrogen-bond donors (Lipinski definition) is 0. The monoisotopic (exact) mass is 83.0 g/mol. The predicted molar refractivity (Wildman–Crippen MR) is 25.1 cm³/mol. The first-order valence-electron chi connectivity index (χ1n) is 1.94. The van der Waals surface area contributed by atoms with Gasteiger partial charge < -0.3 is 0 Å². The molecule has 0 aliphatic rings. The van der Waals surface area contributed by atoms with Gasteiger partial charge in [0.1, 0.15) is 0 Å². The molecule has 1 heteroatoms. The van der Waals surface area contributed by atoms with Gasteiger partial charge in [-0.15, -0.1) is 0 Å². The lowest BCUT2D eigenvalue weighted by Crippen LogP contribution is -1.55. The normalized spacial score (nSPS) is 9.50. The van der Waals surface area contributed by atoms with Gasteiger partial charge in [-0.3, -0.25) is 4.79 Å². The zero-order valence-corrected chi connectivity index (χ0v) is 3.77. The Labute approximate surface area is 37.7 Å². The van der Waals surface area contributed by atoms with Crippen LogP contribution in [0.25, 0.3) is 0 Å². The van der Waals surface area contributed by atoms with E-state index in [4.69, 9.17) is 0 Å². The highest BCUT2D eigenvalue weighted by atomic mass is 16.1. The molecule has 0 aromatic heterocycles. The van der Waals surface area contributed by atoms with Gasteiger partial charge in [0.15, 0.2) is 0 Å². The molecule has 0 atom stereocenters. The summed E-state index contributed by atoms with van der Waals surface area (Å²) in [5, 5.41) is 0. The molecule has 0 saturated carbocycles. The lowest BCUT2D eigenvalue weighted by molar-refractivity contribution is 0.564. The Balaban J connectivity index is 2.94. The summed E-state index contributed by atoms with van der Waals surface area (Å²) in [7, 11) is 0. The third kappa shape index (κ3) is 3.41. The molecule has 1 nitrogen and oxygen atoms in total. The van der Waals surface area contributed by atoms with Crippen molar-refractivity contribution in [3.8, 4) is 0 Å². The maximum absolute atomic E-state index is 9.35. The Kier molecular flexibility index (Phi) is 3.98. The molecule has 0 saturated heterocycles. The van der Waals surface area contributed by atoms with E-state index in [1.807, 2.05) is 6.92 Å². The highest BCUT2D eigenvalue weighted by Gasteiger charge is 1.60. The number of carbonyl (C=O) groups excluding carboxylic acids is 1. The summed E-state index contributed by atoms with van der Waals surface area (Å²) in [6.07, 6.45) is 5.68. The van der Waals surface area contributed by atoms with Crippen LogP contribution in [0.15, 0.2) is 12.2 Å². The molecule has 1 radical (unpaired) electrons. The lowest BCUT2D eigenvalue weighted by Gasteiger charge is -1.64. The van der Waals surface area contributed by atoms with Gasteiger partial charge in [-0.2, -0.15) is 0 Å². The highest BCUT2D eigenvalue weighted by molar-refractivity contribution is 5.65. The second-order valence-electron chi connectivity index (χ2n) is 0.928. The first kappa shape index (κ1) is 5.41. The van der Waals surface area contributed by atoms with E-state index in [1.165, 1.54) is 6.08 Å². The Morgan fingerprint density at radius 3 is 2.67 bits per heavy atom. The van der Waals surface area contributed by atoms with E-state index in [0.29, 0.717) is 0 Å². The summed E-state index contributed by atoms with van der Waals surface area (Å²) < 4.78 is 0. The molecule has 0 spiro atoms. The van der Waals surface area contributed by atoms with Crippen molar-refractivity contribution in [3.63, 3.8) is 0 Å². The largest absolute Gasteiger partial charge is 0.286 e. The number of hydrogen-bond acceptors (Lipinski definition) is 1. The minimum absolute atomic E-state index is 0.912. The molecule has 0 bridgehead atoms. The molecule has 0 fully saturated rings. The van der Waals surface area contributed by atoms with Crippen molar-refractivity contribution in [2.24, 2.45) is 0 Å². The van der Waals surface area contributed by atoms with E-state index in [-0.39, 0.29) is 0 Å². The van der Waals surface area contributed by atoms with Crippen LogP contribution in [0.1, 0.15) is 13.3 Å². The van der Waals surface area contributed by atoms with Gasteiger partial charge in [0.25, 0.3) is 0 Å². The highest BCUT2D eigenvalue weighted by Crippen LogP contribution is 1.72. The molecule has 0 heterocycles. The fourth-order valence-corrected chi connectivity index (χ4v) is 0.166. The average Bonchev–Trinajstić information content (AvgIpc) is 1.61. The van der Waals surface area contributed by atoms with Gasteiger partial charge in [0, 0.05) is 0 Å². The molecule has 0 aliphatic heterocycles. The van der Waals surface area contributed by atoms with Crippen molar-refractivity contribution in [2.75, 3.05) is 0 Å². The second-order valence-corrected chi connectivity index (χ2v) is 0.928. The molecule has 33 valence electrons. The molecule has 0 unspecified atom stereocenters. The van der Waals surface area contributed by atoms with Gasteiger partial charge in [-0.25, -0.2) is 0 Å². The summed E-state index contributed by atoms with van der Waals surface area (Å²) >= 11 is 0. The van der Waals surface area contributed by atoms with Gasteiger partial charge in [-0.05, 0) is 12.5 Å². The van der Waals surface area contributed by atoms with Gasteiger partial charge in [0.05, 0.1) is 0 Å². The molecular formula is C5H7O. The molecule has 0 N–H and O–H groups in total. The van der Waals surface area contributed by atoms with E-state index in [0.717, 1.165) is 6.42 Å². The maximum Gasteiger partial charge on any atom is 0.225 e. The number of rotatable bonds is 2. The van der Waals surface area contributed by atoms with Crippen LogP contribution in [-0.2, 0) is 4.79 Å². The van der Waals surface area contributed by atoms with E-state index in [2.05, 4.69) is 0 Å². The number of allylic oxidation sites excluding steroid dienone is 2. The summed E-state index contributed by atoms with van der Waals surface area (Å²) in [5.74, 6) is 0. The fraction of sp³-hybridized carbons (Fsp3) is 0.400. The molecule has 6 heavy (non-hydrogen) atoms. The van der Waals surface area contributed by atoms with Crippen molar-refractivity contribution >= 4 is 6.29 Å². The van der Waals surface area contributed by atoms with Crippen LogP contribution >= 0.6 is 0 Å². The molecule has 0 amide bonds. The van der Waals surface area contributed by atoms with E-state index in [9.17, 15) is 4.79 Å². The summed E-state index contributed by atoms with van der Waals surface area (Å²) in [4.78, 5) is 9.35. The van der Waals surface area contributed by atoms with Crippen LogP contribution in [0.4, 0.5) is 0 Å². The molecule has 0 aliphatic carbocycles. The van der Waals surface area contributed by atoms with Crippen LogP contribution in [0.3, 0.4) is 0 Å². The molecular weight excluding hydrogens is 76.1 g/mol. The van der Waals surface area contributed by atoms with Crippen molar-refractivity contribution < 1.29 is 4.79 Å². The van der Waals surface area contributed by atoms with Crippen LogP contribution in [0.5, 0.6) is 0 Å². The fourth-order valence-electron chi connectivity index (χ4n) is 0.166. The summed E-state index contributed by atoms with van der Waals surface area (Å²) in [6, 6.07) is 0. The zero-order chi connectivity index (χ0) is 4.83. The topological polar surface area (TPSA) is 17.1 Å². The zero-order valence-electron chi connectivity index (χ0n) is 3.77. The van der Waals surface area contributed by atoms with Crippen LogP contribution in [-0.4, -0.2) is 6.29 Å². The minimum Gasteiger partial charge on any atom is -0.286 e. The quantitative estimate of drug-likeness (QED) is 0.456. The van der Waals surface area contributed by atoms with Crippen molar-refractivity contribution in [1.82, 2.24) is 0 Å². The molecule has 0 rings (SSSR count). The van der Waals surface area contributed by atoms with Crippen molar-refractivity contribution in [2.45, 2.75) is 13.3 Å². The second kappa shape index (κ2) is 4.41. The van der Waals surface area contributed by atoms with Crippen molar-refractivity contribution in [3.05, 3.63) is 12.2 Å². The summed E-state index contributed by atoms with van der Waals surface area (Å²) in [5.41, 5.74) is 0. The van der Waals surface area contributed by atoms with Crippen molar-refractivity contribution in [1.29, 1.82) is 0 Å². The van der Waals surface area contributed by atoms with Gasteiger partial charge in [-0.1, -0.05) is 13.0 Å². The third-order valence-corrected chi connectivity index (χ3v) is 0.422. The standard InChI is InChI=1S/C5H7O/c1-2-3-4-5-6/h3-4H,2H2,1H3. The Morgan fingerprint density at radius 1 is 1.83 bits per heavy atom. The lowest BCUT2D eigenvalue weighted by atomic mass is 10.4. The predicted octanol–water partition coefficient (Wildman–Crippen LogP) is 1.06. The van der Waals surface area contributed by atoms with Crippen LogP contribution < -0.4 is 0 Å². The van der Waals surface area contributed by atoms with E-state index in [1.54, 1.807) is 12.4 Å². The third-order valence-electron chi connectivity index (χ3n) is 0.422. The maximum atomic E-state index is 9.35. The average molecular weight is 83.1 g/mol. The minimum atomic E-state index is 0.912. The Bertz CT molecular complexity index is 55.0. The molecule has 0 aromatic rings. The SMILES string of the molecule is CCC=C[C]=O. The Hall–Kier alpha value is -0.590. The Morgan fingerprint density at radius 2 is 2.50 bits per heavy atom. The smallest absolute Gasteiger partial charge is 0.225 e. The van der Waals surface area contributed by atoms with Crippen LogP contribution in [0.2, 0.25) is 0 Å². The van der Waals surface area contributed by atoms with E-state index < -0.39 is 0 Å². The first-order chi connectivity index (χ1) is 2.91. The van der Waals surface area contributed by atoms with Gasteiger partial charge in [0.2, 0.25) is 6.29 Å². The van der Waals surface area contributed by atoms with Crippen LogP contribution in [0, 0.1) is 0 Å². The summed E-state index contributed by atoms with van der Waals surface area (Å²) in [6.45, 7) is 1.97.